The van der Waals surface area contributed by atoms with Crippen molar-refractivity contribution in [2.45, 2.75) is 44.6 Å². The number of hydrogen-bond donors (Lipinski definition) is 0. The number of aldehydes is 1. The number of nitrogens with zero attached hydrogens (tertiary/aromatic N) is 1. The van der Waals surface area contributed by atoms with E-state index in [9.17, 15) is 9.18 Å². The maximum atomic E-state index is 14.1. The molecule has 24 heavy (non-hydrogen) atoms. The van der Waals surface area contributed by atoms with Gasteiger partial charge in [0, 0.05) is 19.2 Å². The Morgan fingerprint density at radius 2 is 1.79 bits per heavy atom. The third-order valence-electron chi connectivity index (χ3n) is 5.00. The molecule has 126 valence electrons. The van der Waals surface area contributed by atoms with Crippen molar-refractivity contribution in [2.75, 3.05) is 11.9 Å². The van der Waals surface area contributed by atoms with Crippen molar-refractivity contribution >= 4 is 12.0 Å². The summed E-state index contributed by atoms with van der Waals surface area (Å²) in [6, 6.07) is 13.3. The zero-order valence-electron chi connectivity index (χ0n) is 14.2. The number of hydrogen-bond acceptors (Lipinski definition) is 2. The molecule has 0 radical (unpaired) electrons. The summed E-state index contributed by atoms with van der Waals surface area (Å²) in [5.74, 6) is 0.347. The highest BCUT2D eigenvalue weighted by atomic mass is 19.1. The van der Waals surface area contributed by atoms with E-state index in [-0.39, 0.29) is 5.82 Å². The fourth-order valence-corrected chi connectivity index (χ4v) is 3.60. The van der Waals surface area contributed by atoms with E-state index in [1.54, 1.807) is 12.1 Å². The van der Waals surface area contributed by atoms with Gasteiger partial charge in [-0.15, -0.1) is 0 Å². The zero-order chi connectivity index (χ0) is 16.9. The van der Waals surface area contributed by atoms with Gasteiger partial charge in [0.25, 0.3) is 0 Å². The first-order valence-corrected chi connectivity index (χ1v) is 8.72. The maximum absolute atomic E-state index is 14.1. The molecular weight excluding hydrogens is 301 g/mol. The van der Waals surface area contributed by atoms with Crippen molar-refractivity contribution in [2.24, 2.45) is 0 Å². The standard InChI is InChI=1S/C21H24FNO/c1-23(21-12-9-17(15-24)13-20(21)22)14-16-7-10-19(11-8-16)18-5-3-2-4-6-18/h7-13,15,18H,2-6,14H2,1H3. The zero-order valence-corrected chi connectivity index (χ0v) is 14.2. The Labute approximate surface area is 143 Å². The number of benzene rings is 2. The Morgan fingerprint density at radius 1 is 1.08 bits per heavy atom. The molecule has 3 rings (SSSR count). The molecule has 0 heterocycles. The monoisotopic (exact) mass is 325 g/mol. The van der Waals surface area contributed by atoms with E-state index in [1.165, 1.54) is 43.7 Å². The minimum Gasteiger partial charge on any atom is -0.368 e. The van der Waals surface area contributed by atoms with Crippen molar-refractivity contribution in [3.8, 4) is 0 Å². The minimum atomic E-state index is -0.360. The molecule has 2 nitrogen and oxygen atoms in total. The molecule has 0 unspecified atom stereocenters. The van der Waals surface area contributed by atoms with E-state index < -0.39 is 0 Å². The molecule has 2 aromatic rings. The van der Waals surface area contributed by atoms with Gasteiger partial charge in [-0.25, -0.2) is 4.39 Å². The number of anilines is 1. The molecule has 1 saturated carbocycles. The first-order valence-electron chi connectivity index (χ1n) is 8.72. The largest absolute Gasteiger partial charge is 0.368 e. The Morgan fingerprint density at radius 3 is 2.42 bits per heavy atom. The van der Waals surface area contributed by atoms with Crippen molar-refractivity contribution in [1.82, 2.24) is 0 Å². The van der Waals surface area contributed by atoms with Crippen LogP contribution in [0.4, 0.5) is 10.1 Å². The van der Waals surface area contributed by atoms with Crippen molar-refractivity contribution in [1.29, 1.82) is 0 Å². The van der Waals surface area contributed by atoms with Crippen LogP contribution < -0.4 is 4.90 Å². The number of carbonyl (C=O) groups is 1. The van der Waals surface area contributed by atoms with Gasteiger partial charge in [-0.05, 0) is 48.1 Å². The van der Waals surface area contributed by atoms with E-state index in [2.05, 4.69) is 24.3 Å². The van der Waals surface area contributed by atoms with Gasteiger partial charge in [0.2, 0.25) is 0 Å². The molecule has 1 fully saturated rings. The van der Waals surface area contributed by atoms with E-state index >= 15 is 0 Å². The van der Waals surface area contributed by atoms with Crippen LogP contribution in [0.25, 0.3) is 0 Å². The normalized spacial score (nSPS) is 15.2. The van der Waals surface area contributed by atoms with Gasteiger partial charge in [-0.1, -0.05) is 43.5 Å². The highest BCUT2D eigenvalue weighted by Gasteiger charge is 2.15. The highest BCUT2D eigenvalue weighted by molar-refractivity contribution is 5.75. The summed E-state index contributed by atoms with van der Waals surface area (Å²) in [7, 11) is 1.87. The number of carbonyl (C=O) groups excluding carboxylic acids is 1. The van der Waals surface area contributed by atoms with E-state index in [1.807, 2.05) is 11.9 Å². The molecule has 0 amide bonds. The highest BCUT2D eigenvalue weighted by Crippen LogP contribution is 2.32. The lowest BCUT2D eigenvalue weighted by Gasteiger charge is -2.23. The third-order valence-corrected chi connectivity index (χ3v) is 5.00. The molecule has 3 heteroatoms. The molecular formula is C21H24FNO. The van der Waals surface area contributed by atoms with Crippen LogP contribution in [0.15, 0.2) is 42.5 Å². The molecule has 0 aromatic heterocycles. The molecule has 0 saturated heterocycles. The van der Waals surface area contributed by atoms with Crippen molar-refractivity contribution in [3.05, 3.63) is 65.0 Å². The van der Waals surface area contributed by atoms with E-state index in [0.29, 0.717) is 30.0 Å². The topological polar surface area (TPSA) is 20.3 Å². The quantitative estimate of drug-likeness (QED) is 0.693. The van der Waals surface area contributed by atoms with E-state index in [4.69, 9.17) is 0 Å². The van der Waals surface area contributed by atoms with Gasteiger partial charge in [-0.3, -0.25) is 4.79 Å². The average molecular weight is 325 g/mol. The van der Waals surface area contributed by atoms with Gasteiger partial charge in [0.05, 0.1) is 5.69 Å². The predicted octanol–water partition coefficient (Wildman–Crippen LogP) is 5.32. The molecule has 0 N–H and O–H groups in total. The summed E-state index contributed by atoms with van der Waals surface area (Å²) in [4.78, 5) is 12.6. The van der Waals surface area contributed by atoms with Crippen molar-refractivity contribution < 1.29 is 9.18 Å². The molecule has 0 atom stereocenters. The van der Waals surface area contributed by atoms with Crippen LogP contribution in [0.1, 0.15) is 59.5 Å². The van der Waals surface area contributed by atoms with Crippen LogP contribution in [0, 0.1) is 5.82 Å². The SMILES string of the molecule is CN(Cc1ccc(C2CCCCC2)cc1)c1ccc(C=O)cc1F. The Kier molecular flexibility index (Phi) is 5.29. The molecule has 1 aliphatic carbocycles. The summed E-state index contributed by atoms with van der Waals surface area (Å²) in [5, 5.41) is 0. The van der Waals surface area contributed by atoms with Gasteiger partial charge in [0.1, 0.15) is 12.1 Å². The Bertz CT molecular complexity index is 689. The second-order valence-electron chi connectivity index (χ2n) is 6.76. The van der Waals surface area contributed by atoms with Crippen molar-refractivity contribution in [3.63, 3.8) is 0 Å². The lowest BCUT2D eigenvalue weighted by Crippen LogP contribution is -2.18. The summed E-state index contributed by atoms with van der Waals surface area (Å²) >= 11 is 0. The summed E-state index contributed by atoms with van der Waals surface area (Å²) in [6.07, 6.45) is 7.31. The summed E-state index contributed by atoms with van der Waals surface area (Å²) in [5.41, 5.74) is 3.47. The molecule has 1 aliphatic rings. The van der Waals surface area contributed by atoms with Gasteiger partial charge >= 0.3 is 0 Å². The van der Waals surface area contributed by atoms with Crippen LogP contribution in [0.5, 0.6) is 0 Å². The lowest BCUT2D eigenvalue weighted by molar-refractivity contribution is 0.112. The van der Waals surface area contributed by atoms with Gasteiger partial charge < -0.3 is 4.90 Å². The second kappa shape index (κ2) is 7.61. The van der Waals surface area contributed by atoms with E-state index in [0.717, 1.165) is 5.56 Å². The van der Waals surface area contributed by atoms with Crippen LogP contribution in [-0.4, -0.2) is 13.3 Å². The first kappa shape index (κ1) is 16.7. The fourth-order valence-electron chi connectivity index (χ4n) is 3.60. The maximum Gasteiger partial charge on any atom is 0.150 e. The molecule has 2 aromatic carbocycles. The number of halogens is 1. The average Bonchev–Trinajstić information content (AvgIpc) is 2.63. The van der Waals surface area contributed by atoms with Crippen LogP contribution >= 0.6 is 0 Å². The lowest BCUT2D eigenvalue weighted by atomic mass is 9.84. The smallest absolute Gasteiger partial charge is 0.150 e. The molecule has 0 bridgehead atoms. The van der Waals surface area contributed by atoms with Gasteiger partial charge in [0.15, 0.2) is 0 Å². The van der Waals surface area contributed by atoms with Crippen LogP contribution in [0.2, 0.25) is 0 Å². The second-order valence-corrected chi connectivity index (χ2v) is 6.76. The summed E-state index contributed by atoms with van der Waals surface area (Å²) < 4.78 is 14.1. The third kappa shape index (κ3) is 3.84. The Hall–Kier alpha value is -2.16. The van der Waals surface area contributed by atoms with Gasteiger partial charge in [-0.2, -0.15) is 0 Å². The fraction of sp³-hybridized carbons (Fsp3) is 0.381. The Balaban J connectivity index is 1.68. The number of rotatable bonds is 5. The van der Waals surface area contributed by atoms with Crippen LogP contribution in [-0.2, 0) is 6.54 Å². The molecule has 0 aliphatic heterocycles. The molecule has 0 spiro atoms. The predicted molar refractivity (Wildman–Crippen MR) is 96.2 cm³/mol. The summed E-state index contributed by atoms with van der Waals surface area (Å²) in [6.45, 7) is 0.641. The minimum absolute atomic E-state index is 0.360. The van der Waals surface area contributed by atoms with Crippen LogP contribution in [0.3, 0.4) is 0 Å². The first-order chi connectivity index (χ1) is 11.7.